The van der Waals surface area contributed by atoms with Crippen LogP contribution in [-0.2, 0) is 13.1 Å². The molecule has 2 rings (SSSR count). The standard InChI is InChI=1S/C11H13Cl2N5/c1-2-5-18-16-11(15-17-18)14-7-8-3-4-9(12)10(13)6-8/h3-4,6H,2,5,7H2,1H3,(H,14,16). The van der Waals surface area contributed by atoms with Crippen LogP contribution in [0.4, 0.5) is 5.95 Å². The molecule has 0 aliphatic heterocycles. The zero-order valence-corrected chi connectivity index (χ0v) is 11.4. The van der Waals surface area contributed by atoms with Gasteiger partial charge in [0.25, 0.3) is 5.95 Å². The van der Waals surface area contributed by atoms with E-state index in [1.165, 1.54) is 0 Å². The fourth-order valence-corrected chi connectivity index (χ4v) is 1.76. The molecule has 1 aromatic heterocycles. The van der Waals surface area contributed by atoms with Crippen molar-refractivity contribution in [3.8, 4) is 0 Å². The second-order valence-corrected chi connectivity index (χ2v) is 4.63. The van der Waals surface area contributed by atoms with E-state index in [2.05, 4.69) is 27.7 Å². The molecule has 96 valence electrons. The first kappa shape index (κ1) is 13.1. The molecule has 5 nitrogen and oxygen atoms in total. The van der Waals surface area contributed by atoms with Crippen molar-refractivity contribution in [3.05, 3.63) is 33.8 Å². The molecule has 0 radical (unpaired) electrons. The Labute approximate surface area is 115 Å². The van der Waals surface area contributed by atoms with Crippen molar-refractivity contribution < 1.29 is 0 Å². The second kappa shape index (κ2) is 6.02. The third-order valence-electron chi connectivity index (χ3n) is 2.31. The summed E-state index contributed by atoms with van der Waals surface area (Å²) < 4.78 is 0. The minimum Gasteiger partial charge on any atom is -0.348 e. The summed E-state index contributed by atoms with van der Waals surface area (Å²) in [7, 11) is 0. The summed E-state index contributed by atoms with van der Waals surface area (Å²) in [4.78, 5) is 1.57. The first-order valence-electron chi connectivity index (χ1n) is 5.64. The Morgan fingerprint density at radius 3 is 2.83 bits per heavy atom. The predicted octanol–water partition coefficient (Wildman–Crippen LogP) is 3.00. The molecule has 1 N–H and O–H groups in total. The predicted molar refractivity (Wildman–Crippen MR) is 71.9 cm³/mol. The molecule has 0 saturated carbocycles. The Kier molecular flexibility index (Phi) is 4.38. The molecule has 0 unspecified atom stereocenters. The van der Waals surface area contributed by atoms with E-state index < -0.39 is 0 Å². The molecular weight excluding hydrogens is 273 g/mol. The van der Waals surface area contributed by atoms with Gasteiger partial charge in [-0.1, -0.05) is 41.3 Å². The maximum Gasteiger partial charge on any atom is 0.263 e. The van der Waals surface area contributed by atoms with Crippen LogP contribution in [0.5, 0.6) is 0 Å². The molecule has 0 fully saturated rings. The van der Waals surface area contributed by atoms with E-state index in [1.54, 1.807) is 10.9 Å². The summed E-state index contributed by atoms with van der Waals surface area (Å²) in [5.74, 6) is 0.509. The van der Waals surface area contributed by atoms with Crippen LogP contribution >= 0.6 is 23.2 Å². The van der Waals surface area contributed by atoms with E-state index in [-0.39, 0.29) is 0 Å². The minimum absolute atomic E-state index is 0.509. The van der Waals surface area contributed by atoms with Crippen LogP contribution in [0.1, 0.15) is 18.9 Å². The number of nitrogens with one attached hydrogen (secondary N) is 1. The number of halogens is 2. The van der Waals surface area contributed by atoms with Crippen molar-refractivity contribution in [1.29, 1.82) is 0 Å². The molecular formula is C11H13Cl2N5. The van der Waals surface area contributed by atoms with Gasteiger partial charge in [0, 0.05) is 6.54 Å². The van der Waals surface area contributed by atoms with E-state index in [0.717, 1.165) is 18.5 Å². The highest BCUT2D eigenvalue weighted by Crippen LogP contribution is 2.22. The quantitative estimate of drug-likeness (QED) is 0.918. The Morgan fingerprint density at radius 2 is 2.11 bits per heavy atom. The molecule has 18 heavy (non-hydrogen) atoms. The molecule has 0 atom stereocenters. The highest BCUT2D eigenvalue weighted by atomic mass is 35.5. The van der Waals surface area contributed by atoms with Gasteiger partial charge in [0.05, 0.1) is 16.6 Å². The van der Waals surface area contributed by atoms with Crippen LogP contribution < -0.4 is 5.32 Å². The Balaban J connectivity index is 1.95. The van der Waals surface area contributed by atoms with Gasteiger partial charge in [0.2, 0.25) is 0 Å². The van der Waals surface area contributed by atoms with Gasteiger partial charge >= 0.3 is 0 Å². The molecule has 1 aromatic carbocycles. The molecule has 2 aromatic rings. The van der Waals surface area contributed by atoms with E-state index in [9.17, 15) is 0 Å². The number of hydrogen-bond donors (Lipinski definition) is 1. The van der Waals surface area contributed by atoms with Gasteiger partial charge in [0.15, 0.2) is 0 Å². The Hall–Kier alpha value is -1.33. The smallest absolute Gasteiger partial charge is 0.263 e. The Morgan fingerprint density at radius 1 is 1.28 bits per heavy atom. The van der Waals surface area contributed by atoms with Crippen LogP contribution in [0.2, 0.25) is 10.0 Å². The summed E-state index contributed by atoms with van der Waals surface area (Å²) in [6.07, 6.45) is 0.975. The van der Waals surface area contributed by atoms with Crippen molar-refractivity contribution in [2.24, 2.45) is 0 Å². The van der Waals surface area contributed by atoms with Crippen LogP contribution in [-0.4, -0.2) is 20.2 Å². The summed E-state index contributed by atoms with van der Waals surface area (Å²) in [6, 6.07) is 5.48. The van der Waals surface area contributed by atoms with Gasteiger partial charge in [-0.25, -0.2) is 0 Å². The van der Waals surface area contributed by atoms with Crippen LogP contribution in [0.3, 0.4) is 0 Å². The van der Waals surface area contributed by atoms with Crippen LogP contribution in [0, 0.1) is 0 Å². The highest BCUT2D eigenvalue weighted by Gasteiger charge is 2.03. The number of aryl methyl sites for hydroxylation is 1. The molecule has 0 spiro atoms. The molecule has 0 aliphatic rings. The van der Waals surface area contributed by atoms with Gasteiger partial charge < -0.3 is 5.32 Å². The second-order valence-electron chi connectivity index (χ2n) is 3.81. The van der Waals surface area contributed by atoms with Crippen molar-refractivity contribution in [1.82, 2.24) is 20.2 Å². The minimum atomic E-state index is 0.509. The fraction of sp³-hybridized carbons (Fsp3) is 0.364. The molecule has 0 bridgehead atoms. The third-order valence-corrected chi connectivity index (χ3v) is 3.05. The van der Waals surface area contributed by atoms with Crippen molar-refractivity contribution >= 4 is 29.2 Å². The summed E-state index contributed by atoms with van der Waals surface area (Å²) in [6.45, 7) is 3.41. The van der Waals surface area contributed by atoms with Gasteiger partial charge in [-0.3, -0.25) is 0 Å². The zero-order valence-electron chi connectivity index (χ0n) is 9.90. The monoisotopic (exact) mass is 285 g/mol. The molecule has 1 heterocycles. The van der Waals surface area contributed by atoms with Crippen LogP contribution in [0.15, 0.2) is 18.2 Å². The third kappa shape index (κ3) is 3.34. The number of benzene rings is 1. The lowest BCUT2D eigenvalue weighted by atomic mass is 10.2. The van der Waals surface area contributed by atoms with E-state index in [4.69, 9.17) is 23.2 Å². The zero-order chi connectivity index (χ0) is 13.0. The first-order valence-corrected chi connectivity index (χ1v) is 6.40. The maximum absolute atomic E-state index is 5.93. The van der Waals surface area contributed by atoms with Crippen molar-refractivity contribution in [2.75, 3.05) is 5.32 Å². The van der Waals surface area contributed by atoms with E-state index >= 15 is 0 Å². The summed E-state index contributed by atoms with van der Waals surface area (Å²) in [5.41, 5.74) is 1.01. The lowest BCUT2D eigenvalue weighted by molar-refractivity contribution is 0.515. The van der Waals surface area contributed by atoms with Gasteiger partial charge in [-0.15, -0.1) is 5.10 Å². The summed E-state index contributed by atoms with van der Waals surface area (Å²) >= 11 is 11.8. The van der Waals surface area contributed by atoms with Gasteiger partial charge in [0.1, 0.15) is 0 Å². The number of anilines is 1. The lowest BCUT2D eigenvalue weighted by Gasteiger charge is -2.03. The molecule has 7 heteroatoms. The maximum atomic E-state index is 5.93. The number of rotatable bonds is 5. The van der Waals surface area contributed by atoms with Crippen molar-refractivity contribution in [3.63, 3.8) is 0 Å². The van der Waals surface area contributed by atoms with Crippen LogP contribution in [0.25, 0.3) is 0 Å². The average Bonchev–Trinajstić information content (AvgIpc) is 2.79. The topological polar surface area (TPSA) is 55.6 Å². The SMILES string of the molecule is CCCn1nnc(NCc2ccc(Cl)c(Cl)c2)n1. The number of hydrogen-bond acceptors (Lipinski definition) is 4. The normalized spacial score (nSPS) is 10.6. The first-order chi connectivity index (χ1) is 8.69. The number of nitrogens with zero attached hydrogens (tertiary/aromatic N) is 4. The largest absolute Gasteiger partial charge is 0.348 e. The fourth-order valence-electron chi connectivity index (χ4n) is 1.44. The highest BCUT2D eigenvalue weighted by molar-refractivity contribution is 6.42. The average molecular weight is 286 g/mol. The lowest BCUT2D eigenvalue weighted by Crippen LogP contribution is -2.03. The molecule has 0 amide bonds. The van der Waals surface area contributed by atoms with Gasteiger partial charge in [-0.2, -0.15) is 4.80 Å². The van der Waals surface area contributed by atoms with E-state index in [1.807, 2.05) is 12.1 Å². The number of tetrazole rings is 1. The molecule has 0 aliphatic carbocycles. The Bertz CT molecular complexity index is 526. The van der Waals surface area contributed by atoms with E-state index in [0.29, 0.717) is 22.5 Å². The number of aromatic nitrogens is 4. The van der Waals surface area contributed by atoms with Crippen molar-refractivity contribution in [2.45, 2.75) is 26.4 Å². The summed E-state index contributed by atoms with van der Waals surface area (Å²) in [5, 5.41) is 16.2. The molecule has 0 saturated heterocycles. The van der Waals surface area contributed by atoms with Gasteiger partial charge in [-0.05, 0) is 29.3 Å².